The first-order valence-electron chi connectivity index (χ1n) is 3.48. The highest BCUT2D eigenvalue weighted by molar-refractivity contribution is 7.85. The van der Waals surface area contributed by atoms with Crippen molar-refractivity contribution in [1.29, 1.82) is 0 Å². The summed E-state index contributed by atoms with van der Waals surface area (Å²) in [5.41, 5.74) is 5.78. The highest BCUT2D eigenvalue weighted by Gasteiger charge is 2.12. The lowest BCUT2D eigenvalue weighted by molar-refractivity contribution is 0.482. The van der Waals surface area contributed by atoms with E-state index in [1.165, 1.54) is 12.1 Å². The van der Waals surface area contributed by atoms with Crippen LogP contribution in [0, 0.1) is 0 Å². The zero-order valence-electron chi connectivity index (χ0n) is 6.87. The third-order valence-corrected chi connectivity index (χ3v) is 2.72. The van der Waals surface area contributed by atoms with Gasteiger partial charge in [-0.25, -0.2) is 0 Å². The van der Waals surface area contributed by atoms with Crippen LogP contribution in [0.3, 0.4) is 0 Å². The zero-order chi connectivity index (χ0) is 10.9. The van der Waals surface area contributed by atoms with Gasteiger partial charge in [0.05, 0.1) is 10.7 Å². The van der Waals surface area contributed by atoms with Crippen LogP contribution in [0.1, 0.15) is 5.56 Å². The van der Waals surface area contributed by atoms with Gasteiger partial charge in [0.15, 0.2) is 0 Å². The quantitative estimate of drug-likeness (QED) is 0.626. The van der Waals surface area contributed by atoms with Gasteiger partial charge in [-0.3, -0.25) is 4.55 Å². The van der Waals surface area contributed by atoms with Crippen molar-refractivity contribution in [3.05, 3.63) is 27.7 Å². The number of nitrogen functional groups attached to an aromatic ring is 1. The highest BCUT2D eigenvalue weighted by atomic mass is 35.5. The summed E-state index contributed by atoms with van der Waals surface area (Å²) in [4.78, 5) is 0. The van der Waals surface area contributed by atoms with E-state index in [0.717, 1.165) is 0 Å². The van der Waals surface area contributed by atoms with Crippen LogP contribution >= 0.6 is 23.2 Å². The van der Waals surface area contributed by atoms with E-state index in [0.29, 0.717) is 0 Å². The second-order valence-corrected chi connectivity index (χ2v) is 4.98. The zero-order valence-corrected chi connectivity index (χ0v) is 9.20. The van der Waals surface area contributed by atoms with Crippen molar-refractivity contribution in [2.75, 3.05) is 5.73 Å². The van der Waals surface area contributed by atoms with Gasteiger partial charge < -0.3 is 5.73 Å². The molecule has 0 spiro atoms. The molecule has 78 valence electrons. The molecule has 0 aliphatic carbocycles. The van der Waals surface area contributed by atoms with Gasteiger partial charge in [0.1, 0.15) is 5.75 Å². The molecule has 0 aromatic heterocycles. The summed E-state index contributed by atoms with van der Waals surface area (Å²) in [6, 6.07) is 2.74. The third kappa shape index (κ3) is 3.02. The molecular formula is C7H7Cl2NO3S. The van der Waals surface area contributed by atoms with Gasteiger partial charge in [-0.2, -0.15) is 8.42 Å². The molecule has 0 amide bonds. The Morgan fingerprint density at radius 2 is 1.93 bits per heavy atom. The second kappa shape index (κ2) is 3.94. The van der Waals surface area contributed by atoms with Gasteiger partial charge >= 0.3 is 0 Å². The van der Waals surface area contributed by atoms with E-state index in [4.69, 9.17) is 33.5 Å². The molecule has 1 aromatic rings. The van der Waals surface area contributed by atoms with Crippen LogP contribution in [0.5, 0.6) is 0 Å². The van der Waals surface area contributed by atoms with Crippen molar-refractivity contribution in [3.63, 3.8) is 0 Å². The van der Waals surface area contributed by atoms with Crippen LogP contribution in [-0.2, 0) is 15.9 Å². The molecule has 0 fully saturated rings. The second-order valence-electron chi connectivity index (χ2n) is 2.69. The number of rotatable bonds is 2. The minimum atomic E-state index is -4.13. The van der Waals surface area contributed by atoms with Gasteiger partial charge in [0.25, 0.3) is 10.1 Å². The summed E-state index contributed by atoms with van der Waals surface area (Å²) in [6.45, 7) is 0. The standard InChI is InChI=1S/C7H7Cl2NO3S/c8-5-1-4(3-14(11,12)13)7(10)6(9)2-5/h1-2H,3,10H2,(H,11,12,13). The maximum absolute atomic E-state index is 10.6. The van der Waals surface area contributed by atoms with Crippen molar-refractivity contribution in [2.24, 2.45) is 0 Å². The number of hydrogen-bond donors (Lipinski definition) is 2. The Hall–Kier alpha value is -0.490. The molecule has 0 heterocycles. The molecule has 1 rings (SSSR count). The fourth-order valence-electron chi connectivity index (χ4n) is 0.954. The molecule has 0 atom stereocenters. The summed E-state index contributed by atoms with van der Waals surface area (Å²) in [5.74, 6) is -0.598. The van der Waals surface area contributed by atoms with Gasteiger partial charge in [-0.05, 0) is 17.7 Å². The van der Waals surface area contributed by atoms with E-state index < -0.39 is 15.9 Å². The molecule has 7 heteroatoms. The third-order valence-electron chi connectivity index (χ3n) is 1.52. The Kier molecular flexibility index (Phi) is 3.26. The fraction of sp³-hybridized carbons (Fsp3) is 0.143. The van der Waals surface area contributed by atoms with Gasteiger partial charge in [0.2, 0.25) is 0 Å². The molecular weight excluding hydrogens is 249 g/mol. The predicted octanol–water partition coefficient (Wildman–Crippen LogP) is 1.96. The number of anilines is 1. The van der Waals surface area contributed by atoms with Crippen LogP contribution in [-0.4, -0.2) is 13.0 Å². The maximum Gasteiger partial charge on any atom is 0.269 e. The van der Waals surface area contributed by atoms with Gasteiger partial charge in [-0.15, -0.1) is 0 Å². The first kappa shape index (κ1) is 11.6. The van der Waals surface area contributed by atoms with E-state index in [1.807, 2.05) is 0 Å². The van der Waals surface area contributed by atoms with Crippen LogP contribution in [0.25, 0.3) is 0 Å². The van der Waals surface area contributed by atoms with E-state index in [9.17, 15) is 8.42 Å². The molecule has 0 unspecified atom stereocenters. The largest absolute Gasteiger partial charge is 0.397 e. The molecule has 0 saturated heterocycles. The monoisotopic (exact) mass is 255 g/mol. The molecule has 0 aliphatic rings. The molecule has 0 saturated carbocycles. The summed E-state index contributed by atoms with van der Waals surface area (Å²) >= 11 is 11.3. The van der Waals surface area contributed by atoms with Crippen molar-refractivity contribution < 1.29 is 13.0 Å². The van der Waals surface area contributed by atoms with Crippen LogP contribution < -0.4 is 5.73 Å². The van der Waals surface area contributed by atoms with E-state index in [-0.39, 0.29) is 21.3 Å². The number of nitrogens with two attached hydrogens (primary N) is 1. The fourth-order valence-corrected chi connectivity index (χ4v) is 2.12. The molecule has 14 heavy (non-hydrogen) atoms. The minimum absolute atomic E-state index is 0.105. The topological polar surface area (TPSA) is 80.4 Å². The van der Waals surface area contributed by atoms with Crippen molar-refractivity contribution in [2.45, 2.75) is 5.75 Å². The lowest BCUT2D eigenvalue weighted by atomic mass is 10.2. The Labute approximate surface area is 91.4 Å². The van der Waals surface area contributed by atoms with Crippen molar-refractivity contribution in [1.82, 2.24) is 0 Å². The normalized spacial score (nSPS) is 11.6. The average Bonchev–Trinajstić information content (AvgIpc) is 1.96. The SMILES string of the molecule is Nc1c(Cl)cc(Cl)cc1CS(=O)(=O)O. The molecule has 0 aliphatic heterocycles. The predicted molar refractivity (Wildman–Crippen MR) is 56.1 cm³/mol. The average molecular weight is 256 g/mol. The number of hydrogen-bond acceptors (Lipinski definition) is 3. The lowest BCUT2D eigenvalue weighted by Gasteiger charge is -2.06. The van der Waals surface area contributed by atoms with Crippen molar-refractivity contribution in [3.8, 4) is 0 Å². The Bertz CT molecular complexity index is 458. The van der Waals surface area contributed by atoms with E-state index in [2.05, 4.69) is 0 Å². The first-order chi connectivity index (χ1) is 6.29. The smallest absolute Gasteiger partial charge is 0.269 e. The molecule has 1 aromatic carbocycles. The molecule has 4 nitrogen and oxygen atoms in total. The molecule has 3 N–H and O–H groups in total. The molecule has 0 radical (unpaired) electrons. The lowest BCUT2D eigenvalue weighted by Crippen LogP contribution is -2.05. The molecule has 0 bridgehead atoms. The van der Waals surface area contributed by atoms with Gasteiger partial charge in [-0.1, -0.05) is 23.2 Å². The summed E-state index contributed by atoms with van der Waals surface area (Å²) < 4.78 is 29.8. The first-order valence-corrected chi connectivity index (χ1v) is 5.84. The Balaban J connectivity index is 3.22. The van der Waals surface area contributed by atoms with Crippen LogP contribution in [0.4, 0.5) is 5.69 Å². The van der Waals surface area contributed by atoms with Crippen LogP contribution in [0.2, 0.25) is 10.0 Å². The number of halogens is 2. The number of benzene rings is 1. The van der Waals surface area contributed by atoms with Gasteiger partial charge in [0, 0.05) is 5.02 Å². The maximum atomic E-state index is 10.6. The van der Waals surface area contributed by atoms with Crippen molar-refractivity contribution >= 4 is 39.0 Å². The summed E-state index contributed by atoms with van der Waals surface area (Å²) in [5, 5.41) is 0.430. The highest BCUT2D eigenvalue weighted by Crippen LogP contribution is 2.28. The summed E-state index contributed by atoms with van der Waals surface area (Å²) in [7, 11) is -4.13. The Morgan fingerprint density at radius 3 is 2.43 bits per heavy atom. The van der Waals surface area contributed by atoms with E-state index >= 15 is 0 Å². The van der Waals surface area contributed by atoms with E-state index in [1.54, 1.807) is 0 Å². The minimum Gasteiger partial charge on any atom is -0.397 e. The summed E-state index contributed by atoms with van der Waals surface area (Å²) in [6.07, 6.45) is 0. The van der Waals surface area contributed by atoms with Crippen LogP contribution in [0.15, 0.2) is 12.1 Å². The Morgan fingerprint density at radius 1 is 1.36 bits per heavy atom.